The molecule has 2 saturated heterocycles. The molecule has 2 amide bonds. The second-order valence-corrected chi connectivity index (χ2v) is 9.86. The number of hydrogen-bond acceptors (Lipinski definition) is 6. The van der Waals surface area contributed by atoms with E-state index >= 15 is 0 Å². The van der Waals surface area contributed by atoms with Crippen LogP contribution in [0, 0.1) is 0 Å². The smallest absolute Gasteiger partial charge is 0.273 e. The molecule has 0 saturated carbocycles. The van der Waals surface area contributed by atoms with E-state index in [0.717, 1.165) is 49.5 Å². The topological polar surface area (TPSA) is 85.4 Å². The molecule has 8 nitrogen and oxygen atoms in total. The molecule has 2 aliphatic heterocycles. The number of benzene rings is 2. The maximum absolute atomic E-state index is 13.1. The van der Waals surface area contributed by atoms with E-state index in [1.807, 2.05) is 46.2 Å². The molecule has 0 atom stereocenters. The minimum absolute atomic E-state index is 0.0115. The highest BCUT2D eigenvalue weighted by atomic mass is 32.1. The first-order chi connectivity index (χ1) is 17.1. The van der Waals surface area contributed by atoms with Gasteiger partial charge in [-0.15, -0.1) is 11.3 Å². The highest BCUT2D eigenvalue weighted by Crippen LogP contribution is 2.22. The number of piperazine rings is 1. The van der Waals surface area contributed by atoms with Crippen molar-refractivity contribution in [3.8, 4) is 0 Å². The van der Waals surface area contributed by atoms with Crippen molar-refractivity contribution >= 4 is 34.2 Å². The van der Waals surface area contributed by atoms with Crippen molar-refractivity contribution in [1.82, 2.24) is 29.7 Å². The number of carbonyl (C=O) groups is 2. The van der Waals surface area contributed by atoms with Gasteiger partial charge < -0.3 is 14.8 Å². The summed E-state index contributed by atoms with van der Waals surface area (Å²) in [7, 11) is 0. The molecule has 0 bridgehead atoms. The Balaban J connectivity index is 1.04. The molecule has 4 heterocycles. The molecule has 1 N–H and O–H groups in total. The summed E-state index contributed by atoms with van der Waals surface area (Å²) in [5.74, 6) is 0.962. The number of H-pyrrole nitrogens is 1. The summed E-state index contributed by atoms with van der Waals surface area (Å²) < 4.78 is 0. The molecule has 2 fully saturated rings. The lowest BCUT2D eigenvalue weighted by atomic mass is 10.0. The summed E-state index contributed by atoms with van der Waals surface area (Å²) in [6.45, 7) is 4.49. The molecule has 0 aliphatic carbocycles. The van der Waals surface area contributed by atoms with Crippen LogP contribution in [0.15, 0.2) is 59.4 Å². The van der Waals surface area contributed by atoms with Crippen molar-refractivity contribution in [2.45, 2.75) is 12.5 Å². The second kappa shape index (κ2) is 9.24. The zero-order valence-corrected chi connectivity index (χ0v) is 20.1. The van der Waals surface area contributed by atoms with Crippen LogP contribution in [0.25, 0.3) is 11.0 Å². The van der Waals surface area contributed by atoms with Crippen LogP contribution in [0.3, 0.4) is 0 Å². The number of aromatic nitrogens is 3. The Morgan fingerprint density at radius 2 is 1.77 bits per heavy atom. The summed E-state index contributed by atoms with van der Waals surface area (Å²) in [5, 5.41) is 1.80. The van der Waals surface area contributed by atoms with Crippen LogP contribution in [0.5, 0.6) is 0 Å². The highest BCUT2D eigenvalue weighted by molar-refractivity contribution is 7.07. The fourth-order valence-corrected chi connectivity index (χ4v) is 5.40. The van der Waals surface area contributed by atoms with Crippen LogP contribution in [-0.4, -0.2) is 86.8 Å². The Morgan fingerprint density at radius 1 is 0.971 bits per heavy atom. The standard InChI is InChI=1S/C26H26N6O2S/c33-25(19-6-7-21-22(13-19)29-24(28-21)12-18-4-2-1-3-5-18)32-14-20(15-32)30-8-10-31(11-9-30)26(34)23-16-35-17-27-23/h1-7,13,16-17,20H,8-12,14-15H2,(H,28,29). The van der Waals surface area contributed by atoms with Crippen LogP contribution in [-0.2, 0) is 6.42 Å². The molecule has 6 rings (SSSR count). The Labute approximate surface area is 207 Å². The lowest BCUT2D eigenvalue weighted by Gasteiger charge is -2.48. The number of likely N-dealkylation sites (tertiary alicyclic amines) is 1. The second-order valence-electron chi connectivity index (χ2n) is 9.14. The normalized spacial score (nSPS) is 17.0. The Morgan fingerprint density at radius 3 is 2.51 bits per heavy atom. The summed E-state index contributed by atoms with van der Waals surface area (Å²) >= 11 is 1.44. The van der Waals surface area contributed by atoms with Crippen molar-refractivity contribution in [3.05, 3.63) is 82.1 Å². The number of hydrogen-bond donors (Lipinski definition) is 1. The number of amides is 2. The van der Waals surface area contributed by atoms with E-state index in [-0.39, 0.29) is 11.8 Å². The van der Waals surface area contributed by atoms with Gasteiger partial charge in [0.2, 0.25) is 0 Å². The van der Waals surface area contributed by atoms with Crippen LogP contribution in [0.2, 0.25) is 0 Å². The van der Waals surface area contributed by atoms with E-state index in [9.17, 15) is 9.59 Å². The molecule has 2 aliphatic rings. The zero-order chi connectivity index (χ0) is 23.8. The van der Waals surface area contributed by atoms with Gasteiger partial charge in [0.25, 0.3) is 11.8 Å². The fraction of sp³-hybridized carbons (Fsp3) is 0.308. The average molecular weight is 487 g/mol. The SMILES string of the molecule is O=C(c1ccc2nc(Cc3ccccc3)[nH]c2c1)N1CC(N2CCN(C(=O)c3cscn3)CC2)C1. The number of nitrogens with one attached hydrogen (secondary N) is 1. The molecule has 2 aromatic heterocycles. The van der Waals surface area contributed by atoms with Crippen molar-refractivity contribution in [3.63, 3.8) is 0 Å². The molecule has 0 unspecified atom stereocenters. The summed E-state index contributed by atoms with van der Waals surface area (Å²) in [5.41, 5.74) is 5.87. The molecule has 178 valence electrons. The number of aromatic amines is 1. The first-order valence-corrected chi connectivity index (χ1v) is 12.8. The fourth-order valence-electron chi connectivity index (χ4n) is 4.87. The van der Waals surface area contributed by atoms with Gasteiger partial charge in [-0.3, -0.25) is 14.5 Å². The van der Waals surface area contributed by atoms with E-state index in [0.29, 0.717) is 30.4 Å². The Hall–Kier alpha value is -3.56. The summed E-state index contributed by atoms with van der Waals surface area (Å²) in [6, 6.07) is 16.3. The predicted molar refractivity (Wildman–Crippen MR) is 135 cm³/mol. The minimum atomic E-state index is 0.0115. The number of nitrogens with zero attached hydrogens (tertiary/aromatic N) is 5. The van der Waals surface area contributed by atoms with E-state index in [2.05, 4.69) is 32.0 Å². The zero-order valence-electron chi connectivity index (χ0n) is 19.3. The maximum atomic E-state index is 13.1. The first-order valence-electron chi connectivity index (χ1n) is 11.9. The number of rotatable bonds is 5. The van der Waals surface area contributed by atoms with Gasteiger partial charge in [-0.2, -0.15) is 0 Å². The van der Waals surface area contributed by atoms with Crippen LogP contribution < -0.4 is 0 Å². The third-order valence-corrected chi connectivity index (χ3v) is 7.50. The lowest BCUT2D eigenvalue weighted by Crippen LogP contribution is -2.64. The van der Waals surface area contributed by atoms with Gasteiger partial charge >= 0.3 is 0 Å². The average Bonchev–Trinajstić information content (AvgIpc) is 3.53. The molecule has 0 radical (unpaired) electrons. The quantitative estimate of drug-likeness (QED) is 0.469. The Bertz CT molecular complexity index is 1340. The highest BCUT2D eigenvalue weighted by Gasteiger charge is 2.37. The van der Waals surface area contributed by atoms with Gasteiger partial charge in [-0.05, 0) is 23.8 Å². The summed E-state index contributed by atoms with van der Waals surface area (Å²) in [4.78, 5) is 43.9. The van der Waals surface area contributed by atoms with Crippen molar-refractivity contribution in [1.29, 1.82) is 0 Å². The van der Waals surface area contributed by atoms with Crippen molar-refractivity contribution in [2.24, 2.45) is 0 Å². The number of imidazole rings is 1. The molecule has 9 heteroatoms. The molecule has 4 aromatic rings. The molecule has 2 aromatic carbocycles. The molecule has 35 heavy (non-hydrogen) atoms. The van der Waals surface area contributed by atoms with Crippen LogP contribution in [0.1, 0.15) is 32.2 Å². The number of carbonyl (C=O) groups excluding carboxylic acids is 2. The van der Waals surface area contributed by atoms with E-state index < -0.39 is 0 Å². The van der Waals surface area contributed by atoms with Gasteiger partial charge in [-0.25, -0.2) is 9.97 Å². The van der Waals surface area contributed by atoms with Gasteiger partial charge in [0.15, 0.2) is 0 Å². The molecular formula is C26H26N6O2S. The maximum Gasteiger partial charge on any atom is 0.273 e. The monoisotopic (exact) mass is 486 g/mol. The molecule has 0 spiro atoms. The third kappa shape index (κ3) is 4.44. The van der Waals surface area contributed by atoms with Crippen molar-refractivity contribution in [2.75, 3.05) is 39.3 Å². The minimum Gasteiger partial charge on any atom is -0.342 e. The van der Waals surface area contributed by atoms with E-state index in [4.69, 9.17) is 0 Å². The number of thiazole rings is 1. The van der Waals surface area contributed by atoms with Gasteiger partial charge in [0.1, 0.15) is 11.5 Å². The first kappa shape index (κ1) is 21.9. The van der Waals surface area contributed by atoms with E-state index in [1.54, 1.807) is 10.9 Å². The van der Waals surface area contributed by atoms with Gasteiger partial charge in [-0.1, -0.05) is 30.3 Å². The van der Waals surface area contributed by atoms with Gasteiger partial charge in [0.05, 0.1) is 16.5 Å². The molecular weight excluding hydrogens is 460 g/mol. The van der Waals surface area contributed by atoms with Crippen LogP contribution in [0.4, 0.5) is 0 Å². The Kier molecular flexibility index (Phi) is 5.79. The lowest BCUT2D eigenvalue weighted by molar-refractivity contribution is 0.00844. The largest absolute Gasteiger partial charge is 0.342 e. The van der Waals surface area contributed by atoms with E-state index in [1.165, 1.54) is 16.9 Å². The summed E-state index contributed by atoms with van der Waals surface area (Å²) in [6.07, 6.45) is 0.731. The van der Waals surface area contributed by atoms with Crippen molar-refractivity contribution < 1.29 is 9.59 Å². The predicted octanol–water partition coefficient (Wildman–Crippen LogP) is 2.89. The third-order valence-electron chi connectivity index (χ3n) is 6.91. The van der Waals surface area contributed by atoms with Gasteiger partial charge in [0, 0.05) is 62.7 Å². The number of fused-ring (bicyclic) bond motifs is 1. The van der Waals surface area contributed by atoms with Crippen LogP contribution >= 0.6 is 11.3 Å².